The number of aryl methyl sites for hydroxylation is 1. The predicted molar refractivity (Wildman–Crippen MR) is 104 cm³/mol. The van der Waals surface area contributed by atoms with E-state index in [0.717, 1.165) is 24.4 Å². The van der Waals surface area contributed by atoms with Gasteiger partial charge in [0.25, 0.3) is 0 Å². The molecule has 5 nitrogen and oxygen atoms in total. The van der Waals surface area contributed by atoms with Crippen molar-refractivity contribution in [3.05, 3.63) is 77.6 Å². The Balaban J connectivity index is 1.64. The Labute approximate surface area is 148 Å². The summed E-state index contributed by atoms with van der Waals surface area (Å²) in [6.07, 6.45) is 5.19. The highest BCUT2D eigenvalue weighted by atomic mass is 15.2. The van der Waals surface area contributed by atoms with E-state index in [9.17, 15) is 0 Å². The fourth-order valence-electron chi connectivity index (χ4n) is 2.86. The van der Waals surface area contributed by atoms with Gasteiger partial charge in [-0.2, -0.15) is 0 Å². The van der Waals surface area contributed by atoms with E-state index in [1.807, 2.05) is 48.5 Å². The van der Waals surface area contributed by atoms with Gasteiger partial charge in [0.2, 0.25) is 0 Å². The highest BCUT2D eigenvalue weighted by molar-refractivity contribution is 5.60. The molecular weight excluding hydrogens is 310 g/mol. The van der Waals surface area contributed by atoms with Crippen LogP contribution in [0, 0.1) is 0 Å². The summed E-state index contributed by atoms with van der Waals surface area (Å²) in [5.74, 6) is 0.881. The summed E-state index contributed by atoms with van der Waals surface area (Å²) in [6.45, 7) is 2.12. The Morgan fingerprint density at radius 3 is 2.56 bits per heavy atom. The number of anilines is 1. The minimum Gasteiger partial charge on any atom is -0.399 e. The molecule has 1 aliphatic rings. The maximum Gasteiger partial charge on any atom is 0.132 e. The molecule has 1 heterocycles. The zero-order valence-corrected chi connectivity index (χ0v) is 14.4. The number of nitrogen functional groups attached to an aromatic ring is 1. The number of rotatable bonds is 6. The molecule has 2 aromatic carbocycles. The Morgan fingerprint density at radius 1 is 1.12 bits per heavy atom. The molecule has 0 spiro atoms. The third kappa shape index (κ3) is 4.61. The van der Waals surface area contributed by atoms with Crippen molar-refractivity contribution in [1.82, 2.24) is 10.6 Å². The van der Waals surface area contributed by atoms with Crippen molar-refractivity contribution in [2.45, 2.75) is 31.5 Å². The molecular formula is C20H25N5. The van der Waals surface area contributed by atoms with Gasteiger partial charge in [0.1, 0.15) is 11.5 Å². The summed E-state index contributed by atoms with van der Waals surface area (Å²) in [6, 6.07) is 18.4. The van der Waals surface area contributed by atoms with E-state index in [-0.39, 0.29) is 6.04 Å². The largest absolute Gasteiger partial charge is 0.399 e. The van der Waals surface area contributed by atoms with Crippen LogP contribution in [0.5, 0.6) is 0 Å². The minimum atomic E-state index is -0.717. The first kappa shape index (κ1) is 17.0. The average molecular weight is 335 g/mol. The summed E-state index contributed by atoms with van der Waals surface area (Å²) < 4.78 is 0. The van der Waals surface area contributed by atoms with Crippen LogP contribution in [0.2, 0.25) is 0 Å². The number of nitrogens with two attached hydrogens (primary N) is 2. The van der Waals surface area contributed by atoms with Crippen LogP contribution in [-0.4, -0.2) is 12.0 Å². The van der Waals surface area contributed by atoms with Crippen LogP contribution in [0.15, 0.2) is 71.5 Å². The van der Waals surface area contributed by atoms with Crippen molar-refractivity contribution in [3.63, 3.8) is 0 Å². The molecule has 5 heteroatoms. The molecule has 1 aliphatic heterocycles. The quantitative estimate of drug-likeness (QED) is 0.611. The molecule has 1 unspecified atom stereocenters. The number of hydrogen-bond acceptors (Lipinski definition) is 5. The molecule has 2 aromatic rings. The molecule has 130 valence electrons. The number of nitrogens with zero attached hydrogens (tertiary/aromatic N) is 1. The van der Waals surface area contributed by atoms with Crippen molar-refractivity contribution in [1.29, 1.82) is 0 Å². The number of hydrogen-bond donors (Lipinski definition) is 4. The zero-order valence-electron chi connectivity index (χ0n) is 14.4. The Morgan fingerprint density at radius 2 is 1.84 bits per heavy atom. The minimum absolute atomic E-state index is 0.174. The standard InChI is InChI=1S/C20H25N5/c1-15(17-5-3-2-4-6-17)25-19-13-20(22,24-14-23-19)12-11-16-7-9-18(21)10-8-16/h2-10,13-15,25H,11-12,21-22H2,1H3,(H,23,24)/t15-,20?/m0/s1. The molecule has 0 fully saturated rings. The topological polar surface area (TPSA) is 88.5 Å². The number of benzene rings is 2. The summed E-state index contributed by atoms with van der Waals surface area (Å²) >= 11 is 0. The van der Waals surface area contributed by atoms with Gasteiger partial charge >= 0.3 is 0 Å². The zero-order chi connectivity index (χ0) is 17.7. The maximum atomic E-state index is 6.46. The van der Waals surface area contributed by atoms with Crippen LogP contribution >= 0.6 is 0 Å². The van der Waals surface area contributed by atoms with Crippen molar-refractivity contribution >= 4 is 12.0 Å². The highest BCUT2D eigenvalue weighted by Gasteiger charge is 2.24. The smallest absolute Gasteiger partial charge is 0.132 e. The molecule has 0 amide bonds. The van der Waals surface area contributed by atoms with Crippen molar-refractivity contribution < 1.29 is 0 Å². The molecule has 0 saturated carbocycles. The van der Waals surface area contributed by atoms with Crippen molar-refractivity contribution in [3.8, 4) is 0 Å². The van der Waals surface area contributed by atoms with E-state index in [4.69, 9.17) is 11.5 Å². The van der Waals surface area contributed by atoms with E-state index in [1.54, 1.807) is 6.34 Å². The number of nitrogens with one attached hydrogen (secondary N) is 2. The molecule has 2 atom stereocenters. The number of aliphatic imine (C=N–C) groups is 1. The van der Waals surface area contributed by atoms with Gasteiger partial charge < -0.3 is 22.1 Å². The molecule has 0 saturated heterocycles. The van der Waals surface area contributed by atoms with Crippen molar-refractivity contribution in [2.24, 2.45) is 10.7 Å². The summed E-state index contributed by atoms with van der Waals surface area (Å²) in [5.41, 5.74) is 14.7. The van der Waals surface area contributed by atoms with Gasteiger partial charge in [-0.25, -0.2) is 4.99 Å². The molecule has 25 heavy (non-hydrogen) atoms. The lowest BCUT2D eigenvalue weighted by Gasteiger charge is -2.28. The lowest BCUT2D eigenvalue weighted by Crippen LogP contribution is -2.43. The molecule has 6 N–H and O–H groups in total. The van der Waals surface area contributed by atoms with E-state index >= 15 is 0 Å². The monoisotopic (exact) mass is 335 g/mol. The Bertz CT molecular complexity index is 751. The maximum absolute atomic E-state index is 6.46. The lowest BCUT2D eigenvalue weighted by atomic mass is 9.99. The first-order chi connectivity index (χ1) is 12.0. The van der Waals surface area contributed by atoms with Gasteiger partial charge in [-0.15, -0.1) is 0 Å². The van der Waals surface area contributed by atoms with E-state index in [2.05, 4.69) is 34.7 Å². The summed E-state index contributed by atoms with van der Waals surface area (Å²) in [5, 5.41) is 6.60. The third-order valence-electron chi connectivity index (χ3n) is 4.38. The van der Waals surface area contributed by atoms with Gasteiger partial charge in [0.05, 0.1) is 6.34 Å². The second-order valence-corrected chi connectivity index (χ2v) is 6.47. The highest BCUT2D eigenvalue weighted by Crippen LogP contribution is 2.20. The van der Waals surface area contributed by atoms with Crippen LogP contribution in [0.4, 0.5) is 5.69 Å². The molecule has 0 aromatic heterocycles. The van der Waals surface area contributed by atoms with Gasteiger partial charge in [-0.1, -0.05) is 42.5 Å². The fourth-order valence-corrected chi connectivity index (χ4v) is 2.86. The summed E-state index contributed by atoms with van der Waals surface area (Å²) in [7, 11) is 0. The van der Waals surface area contributed by atoms with Crippen LogP contribution < -0.4 is 22.1 Å². The van der Waals surface area contributed by atoms with Crippen LogP contribution in [0.1, 0.15) is 30.5 Å². The van der Waals surface area contributed by atoms with Gasteiger partial charge in [0, 0.05) is 11.7 Å². The lowest BCUT2D eigenvalue weighted by molar-refractivity contribution is 0.487. The SMILES string of the molecule is C[C@H](NC1=CC(N)(CCc2ccc(N)cc2)N=CN1)c1ccccc1. The summed E-state index contributed by atoms with van der Waals surface area (Å²) in [4.78, 5) is 4.42. The Hall–Kier alpha value is -2.79. The molecule has 0 bridgehead atoms. The Kier molecular flexibility index (Phi) is 5.05. The van der Waals surface area contributed by atoms with E-state index in [0.29, 0.717) is 0 Å². The molecule has 3 rings (SSSR count). The van der Waals surface area contributed by atoms with Gasteiger partial charge in [-0.3, -0.25) is 0 Å². The third-order valence-corrected chi connectivity index (χ3v) is 4.38. The fraction of sp³-hybridized carbons (Fsp3) is 0.250. The van der Waals surface area contributed by atoms with Crippen LogP contribution in [-0.2, 0) is 6.42 Å². The van der Waals surface area contributed by atoms with Crippen molar-refractivity contribution in [2.75, 3.05) is 5.73 Å². The predicted octanol–water partition coefficient (Wildman–Crippen LogP) is 2.68. The van der Waals surface area contributed by atoms with E-state index < -0.39 is 5.66 Å². The molecule has 0 aliphatic carbocycles. The normalized spacial score (nSPS) is 20.5. The van der Waals surface area contributed by atoms with Gasteiger partial charge in [0.15, 0.2) is 0 Å². The second kappa shape index (κ2) is 7.40. The average Bonchev–Trinajstić information content (AvgIpc) is 2.62. The second-order valence-electron chi connectivity index (χ2n) is 6.47. The van der Waals surface area contributed by atoms with Crippen LogP contribution in [0.3, 0.4) is 0 Å². The molecule has 0 radical (unpaired) electrons. The first-order valence-corrected chi connectivity index (χ1v) is 8.52. The van der Waals surface area contributed by atoms with Crippen LogP contribution in [0.25, 0.3) is 0 Å². The first-order valence-electron chi connectivity index (χ1n) is 8.52. The van der Waals surface area contributed by atoms with Gasteiger partial charge in [-0.05, 0) is 49.1 Å². The van der Waals surface area contributed by atoms with E-state index in [1.165, 1.54) is 11.1 Å².